The topological polar surface area (TPSA) is 0 Å². The molecule has 1 aromatic carbocycles. The lowest BCUT2D eigenvalue weighted by atomic mass is 10.1. The molecule has 0 spiro atoms. The van der Waals surface area contributed by atoms with E-state index >= 15 is 0 Å². The van der Waals surface area contributed by atoms with E-state index in [9.17, 15) is 4.39 Å². The highest BCUT2D eigenvalue weighted by atomic mass is 19.1. The SMILES string of the molecule is CCCc1cc(C#CC(C)C)ccc1F. The van der Waals surface area contributed by atoms with Gasteiger partial charge in [0, 0.05) is 11.5 Å². The summed E-state index contributed by atoms with van der Waals surface area (Å²) in [6.07, 6.45) is 1.74. The second kappa shape index (κ2) is 5.56. The van der Waals surface area contributed by atoms with Crippen LogP contribution in [0.15, 0.2) is 18.2 Å². The Balaban J connectivity index is 2.93. The first-order valence-corrected chi connectivity index (χ1v) is 5.43. The number of hydrogen-bond acceptors (Lipinski definition) is 0. The lowest BCUT2D eigenvalue weighted by molar-refractivity contribution is 0.607. The van der Waals surface area contributed by atoms with E-state index in [0.717, 1.165) is 24.0 Å². The Bertz CT molecular complexity index is 380. The molecule has 0 atom stereocenters. The van der Waals surface area contributed by atoms with Crippen LogP contribution in [-0.4, -0.2) is 0 Å². The molecule has 0 saturated carbocycles. The molecule has 0 fully saturated rings. The van der Waals surface area contributed by atoms with Crippen LogP contribution in [0.5, 0.6) is 0 Å². The van der Waals surface area contributed by atoms with Crippen LogP contribution in [0, 0.1) is 23.6 Å². The predicted molar refractivity (Wildman–Crippen MR) is 62.1 cm³/mol. The molecule has 0 amide bonds. The summed E-state index contributed by atoms with van der Waals surface area (Å²) in [5.74, 6) is 6.36. The molecule has 0 heterocycles. The molecule has 0 aliphatic heterocycles. The lowest BCUT2D eigenvalue weighted by Crippen LogP contribution is -1.91. The minimum Gasteiger partial charge on any atom is -0.207 e. The summed E-state index contributed by atoms with van der Waals surface area (Å²) in [7, 11) is 0. The Kier molecular flexibility index (Phi) is 4.37. The zero-order chi connectivity index (χ0) is 11.3. The Hall–Kier alpha value is -1.29. The van der Waals surface area contributed by atoms with Crippen molar-refractivity contribution in [2.75, 3.05) is 0 Å². The van der Waals surface area contributed by atoms with Crippen molar-refractivity contribution in [1.82, 2.24) is 0 Å². The standard InChI is InChI=1S/C14H17F/c1-4-5-13-10-12(7-6-11(2)3)8-9-14(13)15/h8-11H,4-5H2,1-3H3. The van der Waals surface area contributed by atoms with Crippen molar-refractivity contribution in [2.24, 2.45) is 5.92 Å². The molecule has 0 unspecified atom stereocenters. The molecule has 1 heteroatoms. The Morgan fingerprint density at radius 2 is 2.07 bits per heavy atom. The van der Waals surface area contributed by atoms with Crippen LogP contribution in [-0.2, 0) is 6.42 Å². The summed E-state index contributed by atoms with van der Waals surface area (Å²) in [6.45, 7) is 6.14. The van der Waals surface area contributed by atoms with Gasteiger partial charge in [-0.25, -0.2) is 4.39 Å². The van der Waals surface area contributed by atoms with Crippen molar-refractivity contribution in [3.8, 4) is 11.8 Å². The van der Waals surface area contributed by atoms with Gasteiger partial charge in [-0.1, -0.05) is 39.0 Å². The quantitative estimate of drug-likeness (QED) is 0.643. The molecule has 0 saturated heterocycles. The molecule has 1 rings (SSSR count). The monoisotopic (exact) mass is 204 g/mol. The van der Waals surface area contributed by atoms with E-state index < -0.39 is 0 Å². The predicted octanol–water partition coefficient (Wildman–Crippen LogP) is 3.79. The smallest absolute Gasteiger partial charge is 0.126 e. The van der Waals surface area contributed by atoms with Crippen molar-refractivity contribution in [3.05, 3.63) is 35.1 Å². The van der Waals surface area contributed by atoms with E-state index in [2.05, 4.69) is 11.8 Å². The summed E-state index contributed by atoms with van der Waals surface area (Å²) in [4.78, 5) is 0. The van der Waals surface area contributed by atoms with Crippen LogP contribution in [0.1, 0.15) is 38.3 Å². The first-order chi connectivity index (χ1) is 7.13. The zero-order valence-corrected chi connectivity index (χ0v) is 9.60. The third-order valence-electron chi connectivity index (χ3n) is 2.07. The van der Waals surface area contributed by atoms with E-state index in [1.54, 1.807) is 6.07 Å². The largest absolute Gasteiger partial charge is 0.207 e. The molecule has 0 aliphatic carbocycles. The van der Waals surface area contributed by atoms with Gasteiger partial charge in [-0.2, -0.15) is 0 Å². The van der Waals surface area contributed by atoms with Gasteiger partial charge in [0.25, 0.3) is 0 Å². The molecule has 80 valence electrons. The Labute approximate surface area is 91.5 Å². The van der Waals surface area contributed by atoms with E-state index in [4.69, 9.17) is 0 Å². The highest BCUT2D eigenvalue weighted by Crippen LogP contribution is 2.12. The fourth-order valence-corrected chi connectivity index (χ4v) is 1.34. The molecular formula is C14H17F. The average molecular weight is 204 g/mol. The van der Waals surface area contributed by atoms with Gasteiger partial charge in [0.15, 0.2) is 0 Å². The van der Waals surface area contributed by atoms with Gasteiger partial charge in [-0.15, -0.1) is 0 Å². The number of rotatable bonds is 2. The first kappa shape index (κ1) is 11.8. The molecule has 0 aromatic heterocycles. The maximum Gasteiger partial charge on any atom is 0.126 e. The summed E-state index contributed by atoms with van der Waals surface area (Å²) in [5.41, 5.74) is 1.68. The highest BCUT2D eigenvalue weighted by molar-refractivity contribution is 5.38. The van der Waals surface area contributed by atoms with Gasteiger partial charge >= 0.3 is 0 Å². The van der Waals surface area contributed by atoms with Crippen LogP contribution in [0.2, 0.25) is 0 Å². The maximum atomic E-state index is 13.3. The van der Waals surface area contributed by atoms with Crippen molar-refractivity contribution in [3.63, 3.8) is 0 Å². The molecule has 0 bridgehead atoms. The molecule has 0 radical (unpaired) electrons. The summed E-state index contributed by atoms with van der Waals surface area (Å²) in [6, 6.07) is 5.10. The summed E-state index contributed by atoms with van der Waals surface area (Å²) in [5, 5.41) is 0. The number of aryl methyl sites for hydroxylation is 1. The Morgan fingerprint density at radius 1 is 1.33 bits per heavy atom. The summed E-state index contributed by atoms with van der Waals surface area (Å²) >= 11 is 0. The number of halogens is 1. The van der Waals surface area contributed by atoms with Gasteiger partial charge in [0.1, 0.15) is 5.82 Å². The molecular weight excluding hydrogens is 187 g/mol. The highest BCUT2D eigenvalue weighted by Gasteiger charge is 2.01. The summed E-state index contributed by atoms with van der Waals surface area (Å²) < 4.78 is 13.3. The second-order valence-corrected chi connectivity index (χ2v) is 3.98. The molecule has 1 aromatic rings. The zero-order valence-electron chi connectivity index (χ0n) is 9.60. The van der Waals surface area contributed by atoms with Crippen molar-refractivity contribution >= 4 is 0 Å². The molecule has 0 aliphatic rings. The fraction of sp³-hybridized carbons (Fsp3) is 0.429. The van der Waals surface area contributed by atoms with Gasteiger partial charge in [0.2, 0.25) is 0 Å². The van der Waals surface area contributed by atoms with Gasteiger partial charge < -0.3 is 0 Å². The van der Waals surface area contributed by atoms with E-state index in [1.165, 1.54) is 6.07 Å². The van der Waals surface area contributed by atoms with Crippen LogP contribution in [0.3, 0.4) is 0 Å². The van der Waals surface area contributed by atoms with Crippen LogP contribution >= 0.6 is 0 Å². The fourth-order valence-electron chi connectivity index (χ4n) is 1.34. The van der Waals surface area contributed by atoms with Gasteiger partial charge in [0.05, 0.1) is 0 Å². The molecule has 0 nitrogen and oxygen atoms in total. The normalized spacial score (nSPS) is 9.93. The minimum absolute atomic E-state index is 0.119. The van der Waals surface area contributed by atoms with Gasteiger partial charge in [-0.3, -0.25) is 0 Å². The van der Waals surface area contributed by atoms with Gasteiger partial charge in [-0.05, 0) is 30.2 Å². The second-order valence-electron chi connectivity index (χ2n) is 3.98. The molecule has 15 heavy (non-hydrogen) atoms. The van der Waals surface area contributed by atoms with Crippen LogP contribution in [0.4, 0.5) is 4.39 Å². The molecule has 0 N–H and O–H groups in total. The average Bonchev–Trinajstić information content (AvgIpc) is 2.19. The van der Waals surface area contributed by atoms with E-state index in [1.807, 2.05) is 26.8 Å². The van der Waals surface area contributed by atoms with Crippen molar-refractivity contribution < 1.29 is 4.39 Å². The lowest BCUT2D eigenvalue weighted by Gasteiger charge is -2.01. The van der Waals surface area contributed by atoms with Crippen LogP contribution in [0.25, 0.3) is 0 Å². The van der Waals surface area contributed by atoms with E-state index in [-0.39, 0.29) is 5.82 Å². The van der Waals surface area contributed by atoms with Crippen LogP contribution < -0.4 is 0 Å². The Morgan fingerprint density at radius 3 is 2.67 bits per heavy atom. The first-order valence-electron chi connectivity index (χ1n) is 5.43. The minimum atomic E-state index is -0.119. The van der Waals surface area contributed by atoms with Crippen molar-refractivity contribution in [2.45, 2.75) is 33.6 Å². The third-order valence-corrected chi connectivity index (χ3v) is 2.07. The van der Waals surface area contributed by atoms with E-state index in [0.29, 0.717) is 5.92 Å². The third kappa shape index (κ3) is 3.75. The number of benzene rings is 1. The maximum absolute atomic E-state index is 13.3. The van der Waals surface area contributed by atoms with Crippen molar-refractivity contribution in [1.29, 1.82) is 0 Å². The number of hydrogen-bond donors (Lipinski definition) is 0.